The van der Waals surface area contributed by atoms with Crippen LogP contribution in [0.3, 0.4) is 0 Å². The Bertz CT molecular complexity index is 737. The van der Waals surface area contributed by atoms with Gasteiger partial charge in [-0.15, -0.1) is 0 Å². The van der Waals surface area contributed by atoms with Gasteiger partial charge in [0.05, 0.1) is 16.9 Å². The molecule has 1 fully saturated rings. The Morgan fingerprint density at radius 2 is 2.12 bits per heavy atom. The molecule has 2 heterocycles. The zero-order valence-electron chi connectivity index (χ0n) is 14.7. The van der Waals surface area contributed by atoms with E-state index in [0.29, 0.717) is 18.0 Å². The Balaban J connectivity index is 2.01. The van der Waals surface area contributed by atoms with Gasteiger partial charge in [0.2, 0.25) is 0 Å². The molecule has 1 aliphatic rings. The predicted molar refractivity (Wildman–Crippen MR) is 95.3 cm³/mol. The zero-order valence-corrected chi connectivity index (χ0v) is 14.7. The molecule has 1 aromatic heterocycles. The zero-order chi connectivity index (χ0) is 17.3. The van der Waals surface area contributed by atoms with Crippen molar-refractivity contribution in [2.75, 3.05) is 13.1 Å². The molecule has 0 saturated carbocycles. The van der Waals surface area contributed by atoms with Gasteiger partial charge in [0.1, 0.15) is 0 Å². The third-order valence-corrected chi connectivity index (χ3v) is 4.97. The number of aromatic nitrogens is 2. The summed E-state index contributed by atoms with van der Waals surface area (Å²) in [5.74, 6) is 0.497. The van der Waals surface area contributed by atoms with E-state index < -0.39 is 0 Å². The van der Waals surface area contributed by atoms with Crippen LogP contribution >= 0.6 is 0 Å². The lowest BCUT2D eigenvalue weighted by Gasteiger charge is -2.39. The maximum absolute atomic E-state index is 13.3. The number of nitrogens with zero attached hydrogens (tertiary/aromatic N) is 3. The van der Waals surface area contributed by atoms with Crippen molar-refractivity contribution in [3.8, 4) is 5.69 Å². The highest BCUT2D eigenvalue weighted by molar-refractivity contribution is 5.98. The second kappa shape index (κ2) is 6.77. The second-order valence-corrected chi connectivity index (χ2v) is 6.84. The van der Waals surface area contributed by atoms with Gasteiger partial charge in [0, 0.05) is 25.3 Å². The van der Waals surface area contributed by atoms with E-state index in [1.807, 2.05) is 49.2 Å². The van der Waals surface area contributed by atoms with E-state index in [1.165, 1.54) is 0 Å². The Hall–Kier alpha value is -2.14. The fourth-order valence-electron chi connectivity index (χ4n) is 3.59. The summed E-state index contributed by atoms with van der Waals surface area (Å²) >= 11 is 0. The largest absolute Gasteiger partial charge is 0.334 e. The minimum Gasteiger partial charge on any atom is -0.334 e. The summed E-state index contributed by atoms with van der Waals surface area (Å²) in [6.07, 6.45) is 4.06. The number of piperidine rings is 1. The van der Waals surface area contributed by atoms with E-state index in [0.717, 1.165) is 36.3 Å². The normalized spacial score (nSPS) is 21.1. The number of aryl methyl sites for hydroxylation is 2. The molecule has 2 aromatic rings. The monoisotopic (exact) mass is 326 g/mol. The number of carbonyl (C=O) groups excluding carboxylic acids is 1. The van der Waals surface area contributed by atoms with Gasteiger partial charge in [-0.1, -0.05) is 18.6 Å². The molecule has 3 rings (SSSR count). The number of likely N-dealkylation sites (tertiary alicyclic amines) is 1. The summed E-state index contributed by atoms with van der Waals surface area (Å²) in [5.41, 5.74) is 9.50. The molecule has 2 atom stereocenters. The quantitative estimate of drug-likeness (QED) is 0.943. The summed E-state index contributed by atoms with van der Waals surface area (Å²) < 4.78 is 1.78. The van der Waals surface area contributed by atoms with Crippen molar-refractivity contribution in [3.05, 3.63) is 47.3 Å². The maximum atomic E-state index is 13.3. The highest BCUT2D eigenvalue weighted by Gasteiger charge is 2.32. The molecule has 0 radical (unpaired) electrons. The van der Waals surface area contributed by atoms with Gasteiger partial charge in [-0.05, 0) is 50.8 Å². The minimum absolute atomic E-state index is 0.0591. The summed E-state index contributed by atoms with van der Waals surface area (Å²) in [6.45, 7) is 7.42. The molecule has 1 amide bonds. The third-order valence-electron chi connectivity index (χ3n) is 4.97. The molecule has 5 nitrogen and oxygen atoms in total. The lowest BCUT2D eigenvalue weighted by atomic mass is 9.90. The molecule has 2 N–H and O–H groups in total. The maximum Gasteiger partial charge on any atom is 0.256 e. The first-order valence-corrected chi connectivity index (χ1v) is 8.65. The van der Waals surface area contributed by atoms with E-state index in [9.17, 15) is 4.79 Å². The van der Waals surface area contributed by atoms with E-state index >= 15 is 0 Å². The number of benzene rings is 1. The average Bonchev–Trinajstić information content (AvgIpc) is 3.00. The van der Waals surface area contributed by atoms with Crippen LogP contribution in [0.4, 0.5) is 0 Å². The average molecular weight is 326 g/mol. The lowest BCUT2D eigenvalue weighted by Crippen LogP contribution is -2.51. The van der Waals surface area contributed by atoms with Gasteiger partial charge in [-0.2, -0.15) is 5.10 Å². The smallest absolute Gasteiger partial charge is 0.256 e. The van der Waals surface area contributed by atoms with Crippen molar-refractivity contribution in [2.24, 2.45) is 11.7 Å². The van der Waals surface area contributed by atoms with Gasteiger partial charge in [0.15, 0.2) is 0 Å². The Morgan fingerprint density at radius 3 is 2.79 bits per heavy atom. The van der Waals surface area contributed by atoms with Crippen molar-refractivity contribution < 1.29 is 4.79 Å². The summed E-state index contributed by atoms with van der Waals surface area (Å²) in [5, 5.41) is 4.47. The fourth-order valence-corrected chi connectivity index (χ4v) is 3.59. The van der Waals surface area contributed by atoms with Gasteiger partial charge >= 0.3 is 0 Å². The first-order chi connectivity index (χ1) is 11.5. The minimum atomic E-state index is 0.0591. The number of nitrogens with two attached hydrogens (primary N) is 1. The van der Waals surface area contributed by atoms with Gasteiger partial charge in [-0.25, -0.2) is 4.68 Å². The van der Waals surface area contributed by atoms with E-state index in [-0.39, 0.29) is 11.9 Å². The first-order valence-electron chi connectivity index (χ1n) is 8.65. The van der Waals surface area contributed by atoms with E-state index in [4.69, 9.17) is 5.73 Å². The van der Waals surface area contributed by atoms with Gasteiger partial charge in [0.25, 0.3) is 5.91 Å². The van der Waals surface area contributed by atoms with Crippen LogP contribution in [0.5, 0.6) is 0 Å². The number of hydrogen-bond donors (Lipinski definition) is 1. The van der Waals surface area contributed by atoms with Crippen molar-refractivity contribution in [3.63, 3.8) is 0 Å². The SMILES string of the molecule is Cc1ccc(-n2ccc(C)n2)c(C(=O)N2CCC[C@@H](C)[C@H]2CN)c1. The molecule has 1 saturated heterocycles. The Labute approximate surface area is 143 Å². The molecular formula is C19H26N4O. The summed E-state index contributed by atoms with van der Waals surface area (Å²) in [7, 11) is 0. The first kappa shape index (κ1) is 16.7. The van der Waals surface area contributed by atoms with Crippen LogP contribution < -0.4 is 5.73 Å². The molecule has 0 unspecified atom stereocenters. The van der Waals surface area contributed by atoms with Crippen molar-refractivity contribution >= 4 is 5.91 Å². The standard InChI is InChI=1S/C19H26N4O/c1-13-6-7-17(23-10-8-15(3)21-23)16(11-13)19(24)22-9-4-5-14(2)18(22)12-20/h6-8,10-11,14,18H,4-5,9,12,20H2,1-3H3/t14-,18-/m1/s1. The Kier molecular flexibility index (Phi) is 4.71. The fraction of sp³-hybridized carbons (Fsp3) is 0.474. The van der Waals surface area contributed by atoms with Crippen LogP contribution in [0, 0.1) is 19.8 Å². The van der Waals surface area contributed by atoms with Crippen LogP contribution in [-0.2, 0) is 0 Å². The van der Waals surface area contributed by atoms with Crippen LogP contribution in [0.2, 0.25) is 0 Å². The second-order valence-electron chi connectivity index (χ2n) is 6.84. The molecule has 0 spiro atoms. The summed E-state index contributed by atoms with van der Waals surface area (Å²) in [4.78, 5) is 15.3. The van der Waals surface area contributed by atoms with E-state index in [1.54, 1.807) is 4.68 Å². The van der Waals surface area contributed by atoms with Crippen LogP contribution in [0.1, 0.15) is 41.4 Å². The van der Waals surface area contributed by atoms with Crippen molar-refractivity contribution in [1.82, 2.24) is 14.7 Å². The molecule has 0 aliphatic carbocycles. The predicted octanol–water partition coefficient (Wildman–Crippen LogP) is 2.69. The van der Waals surface area contributed by atoms with Crippen LogP contribution in [0.15, 0.2) is 30.5 Å². The number of carbonyl (C=O) groups is 1. The Morgan fingerprint density at radius 1 is 1.33 bits per heavy atom. The van der Waals surface area contributed by atoms with Crippen molar-refractivity contribution in [1.29, 1.82) is 0 Å². The molecular weight excluding hydrogens is 300 g/mol. The molecule has 5 heteroatoms. The number of hydrogen-bond acceptors (Lipinski definition) is 3. The highest BCUT2D eigenvalue weighted by atomic mass is 16.2. The van der Waals surface area contributed by atoms with Crippen LogP contribution in [0.25, 0.3) is 5.69 Å². The topological polar surface area (TPSA) is 64.2 Å². The number of amides is 1. The molecule has 1 aromatic carbocycles. The summed E-state index contributed by atoms with van der Waals surface area (Å²) in [6, 6.07) is 8.00. The molecule has 24 heavy (non-hydrogen) atoms. The van der Waals surface area contributed by atoms with Crippen LogP contribution in [-0.4, -0.2) is 39.7 Å². The van der Waals surface area contributed by atoms with Gasteiger partial charge < -0.3 is 10.6 Å². The third kappa shape index (κ3) is 3.08. The molecule has 0 bridgehead atoms. The number of rotatable bonds is 3. The lowest BCUT2D eigenvalue weighted by molar-refractivity contribution is 0.0532. The van der Waals surface area contributed by atoms with Crippen molar-refractivity contribution in [2.45, 2.75) is 39.7 Å². The highest BCUT2D eigenvalue weighted by Crippen LogP contribution is 2.26. The molecule has 1 aliphatic heterocycles. The van der Waals surface area contributed by atoms with Gasteiger partial charge in [-0.3, -0.25) is 4.79 Å². The molecule has 128 valence electrons. The van der Waals surface area contributed by atoms with E-state index in [2.05, 4.69) is 12.0 Å².